The van der Waals surface area contributed by atoms with Gasteiger partial charge in [0, 0.05) is 18.7 Å². The summed E-state index contributed by atoms with van der Waals surface area (Å²) in [7, 11) is 4.96. The SMILES string of the molecule is CNC(c1ccc(F)cc1F)c1c(OC)cnn1C. The number of ether oxygens (including phenoxy) is 1. The maximum Gasteiger partial charge on any atom is 0.161 e. The Morgan fingerprint density at radius 2 is 2.11 bits per heavy atom. The molecular formula is C13H15F2N3O. The molecule has 0 saturated carbocycles. The second-order valence-corrected chi connectivity index (χ2v) is 4.11. The third kappa shape index (κ3) is 2.44. The fourth-order valence-corrected chi connectivity index (χ4v) is 2.09. The van der Waals surface area contributed by atoms with Gasteiger partial charge in [-0.2, -0.15) is 5.10 Å². The largest absolute Gasteiger partial charge is 0.493 e. The normalized spacial score (nSPS) is 12.5. The van der Waals surface area contributed by atoms with Gasteiger partial charge in [0.1, 0.15) is 17.3 Å². The molecular weight excluding hydrogens is 252 g/mol. The summed E-state index contributed by atoms with van der Waals surface area (Å²) in [5.41, 5.74) is 1.02. The Hall–Kier alpha value is -1.95. The highest BCUT2D eigenvalue weighted by atomic mass is 19.1. The monoisotopic (exact) mass is 267 g/mol. The number of nitrogens with zero attached hydrogens (tertiary/aromatic N) is 2. The number of nitrogens with one attached hydrogen (secondary N) is 1. The molecule has 102 valence electrons. The maximum atomic E-state index is 13.9. The van der Waals surface area contributed by atoms with Gasteiger partial charge in [-0.3, -0.25) is 4.68 Å². The Morgan fingerprint density at radius 1 is 1.37 bits per heavy atom. The van der Waals surface area contributed by atoms with Crippen LogP contribution >= 0.6 is 0 Å². The van der Waals surface area contributed by atoms with E-state index in [1.54, 1.807) is 25.0 Å². The first-order valence-corrected chi connectivity index (χ1v) is 5.76. The van der Waals surface area contributed by atoms with Gasteiger partial charge in [-0.05, 0) is 13.1 Å². The van der Waals surface area contributed by atoms with Crippen molar-refractivity contribution in [2.45, 2.75) is 6.04 Å². The summed E-state index contributed by atoms with van der Waals surface area (Å²) in [6.07, 6.45) is 1.56. The van der Waals surface area contributed by atoms with Crippen molar-refractivity contribution in [1.29, 1.82) is 0 Å². The first-order valence-electron chi connectivity index (χ1n) is 5.76. The highest BCUT2D eigenvalue weighted by Gasteiger charge is 2.23. The van der Waals surface area contributed by atoms with Crippen molar-refractivity contribution in [3.05, 3.63) is 47.3 Å². The molecule has 1 heterocycles. The number of benzene rings is 1. The molecule has 0 aliphatic rings. The molecule has 1 N–H and O–H groups in total. The zero-order valence-electron chi connectivity index (χ0n) is 10.9. The van der Waals surface area contributed by atoms with Gasteiger partial charge in [-0.25, -0.2) is 8.78 Å². The molecule has 0 amide bonds. The van der Waals surface area contributed by atoms with E-state index in [0.29, 0.717) is 17.0 Å². The molecule has 4 nitrogen and oxygen atoms in total. The third-order valence-corrected chi connectivity index (χ3v) is 3.00. The summed E-state index contributed by atoms with van der Waals surface area (Å²) in [5.74, 6) is -0.666. The molecule has 19 heavy (non-hydrogen) atoms. The number of halogens is 2. The van der Waals surface area contributed by atoms with Crippen molar-refractivity contribution >= 4 is 0 Å². The van der Waals surface area contributed by atoms with Crippen molar-refractivity contribution in [2.24, 2.45) is 7.05 Å². The smallest absolute Gasteiger partial charge is 0.161 e. The van der Waals surface area contributed by atoms with Crippen LogP contribution in [0, 0.1) is 11.6 Å². The van der Waals surface area contributed by atoms with Crippen LogP contribution < -0.4 is 10.1 Å². The number of rotatable bonds is 4. The molecule has 0 bridgehead atoms. The maximum absolute atomic E-state index is 13.9. The number of aromatic nitrogens is 2. The zero-order valence-corrected chi connectivity index (χ0v) is 10.9. The molecule has 1 atom stereocenters. The van der Waals surface area contributed by atoms with Crippen LogP contribution in [0.4, 0.5) is 8.78 Å². The second kappa shape index (κ2) is 5.36. The summed E-state index contributed by atoms with van der Waals surface area (Å²) >= 11 is 0. The van der Waals surface area contributed by atoms with Crippen molar-refractivity contribution in [1.82, 2.24) is 15.1 Å². The number of hydrogen-bond donors (Lipinski definition) is 1. The lowest BCUT2D eigenvalue weighted by Crippen LogP contribution is -2.22. The van der Waals surface area contributed by atoms with Crippen LogP contribution in [-0.2, 0) is 7.05 Å². The van der Waals surface area contributed by atoms with Crippen LogP contribution in [0.3, 0.4) is 0 Å². The van der Waals surface area contributed by atoms with Crippen molar-refractivity contribution in [2.75, 3.05) is 14.2 Å². The molecule has 2 aromatic rings. The van der Waals surface area contributed by atoms with Crippen molar-refractivity contribution in [3.63, 3.8) is 0 Å². The second-order valence-electron chi connectivity index (χ2n) is 4.11. The quantitative estimate of drug-likeness (QED) is 0.921. The Morgan fingerprint density at radius 3 is 2.68 bits per heavy atom. The Bertz CT molecular complexity index is 583. The number of aryl methyl sites for hydroxylation is 1. The predicted octanol–water partition coefficient (Wildman–Crippen LogP) is 2.02. The standard InChI is InChI=1S/C13H15F2N3O/c1-16-12(9-5-4-8(14)6-10(9)15)13-11(19-3)7-17-18(13)2/h4-7,12,16H,1-3H3. The molecule has 2 rings (SSSR count). The van der Waals surface area contributed by atoms with Crippen molar-refractivity contribution in [3.8, 4) is 5.75 Å². The minimum Gasteiger partial charge on any atom is -0.493 e. The summed E-state index contributed by atoms with van der Waals surface area (Å²) in [4.78, 5) is 0. The van der Waals surface area contributed by atoms with Gasteiger partial charge in [-0.15, -0.1) is 0 Å². The number of methoxy groups -OCH3 is 1. The molecule has 1 aromatic carbocycles. The average molecular weight is 267 g/mol. The minimum atomic E-state index is -0.609. The average Bonchev–Trinajstić information content (AvgIpc) is 2.74. The third-order valence-electron chi connectivity index (χ3n) is 3.00. The van der Waals surface area contributed by atoms with Gasteiger partial charge in [0.2, 0.25) is 0 Å². The summed E-state index contributed by atoms with van der Waals surface area (Å²) in [6, 6.07) is 3.04. The molecule has 1 aromatic heterocycles. The lowest BCUT2D eigenvalue weighted by Gasteiger charge is -2.19. The van der Waals surface area contributed by atoms with Gasteiger partial charge in [-0.1, -0.05) is 6.07 Å². The summed E-state index contributed by atoms with van der Waals surface area (Å²) in [5, 5.41) is 7.08. The molecule has 0 saturated heterocycles. The van der Waals surface area contributed by atoms with Crippen molar-refractivity contribution < 1.29 is 13.5 Å². The van der Waals surface area contributed by atoms with Crippen LogP contribution in [0.25, 0.3) is 0 Å². The topological polar surface area (TPSA) is 39.1 Å². The van der Waals surface area contributed by atoms with Gasteiger partial charge < -0.3 is 10.1 Å². The predicted molar refractivity (Wildman–Crippen MR) is 67.0 cm³/mol. The van der Waals surface area contributed by atoms with E-state index in [9.17, 15) is 8.78 Å². The first kappa shape index (κ1) is 13.5. The van der Waals surface area contributed by atoms with E-state index in [0.717, 1.165) is 6.07 Å². The lowest BCUT2D eigenvalue weighted by molar-refractivity contribution is 0.401. The first-order chi connectivity index (χ1) is 9.08. The highest BCUT2D eigenvalue weighted by molar-refractivity contribution is 5.37. The van der Waals surface area contributed by atoms with Crippen LogP contribution in [0.1, 0.15) is 17.3 Å². The van der Waals surface area contributed by atoms with Gasteiger partial charge in [0.05, 0.1) is 19.3 Å². The minimum absolute atomic E-state index is 0.339. The lowest BCUT2D eigenvalue weighted by atomic mass is 10.0. The van der Waals surface area contributed by atoms with E-state index < -0.39 is 17.7 Å². The zero-order chi connectivity index (χ0) is 14.0. The molecule has 6 heteroatoms. The van der Waals surface area contributed by atoms with E-state index >= 15 is 0 Å². The Balaban J connectivity index is 2.52. The van der Waals surface area contributed by atoms with E-state index in [2.05, 4.69) is 10.4 Å². The summed E-state index contributed by atoms with van der Waals surface area (Å²) < 4.78 is 33.7. The van der Waals surface area contributed by atoms with Gasteiger partial charge >= 0.3 is 0 Å². The van der Waals surface area contributed by atoms with E-state index in [1.807, 2.05) is 0 Å². The van der Waals surface area contributed by atoms with E-state index in [4.69, 9.17) is 4.74 Å². The molecule has 0 aliphatic carbocycles. The highest BCUT2D eigenvalue weighted by Crippen LogP contribution is 2.30. The van der Waals surface area contributed by atoms with Crippen LogP contribution in [-0.4, -0.2) is 23.9 Å². The van der Waals surface area contributed by atoms with E-state index in [-0.39, 0.29) is 0 Å². The van der Waals surface area contributed by atoms with E-state index in [1.165, 1.54) is 19.2 Å². The van der Waals surface area contributed by atoms with Crippen LogP contribution in [0.5, 0.6) is 5.75 Å². The Labute approximate surface area is 110 Å². The van der Waals surface area contributed by atoms with Gasteiger partial charge in [0.15, 0.2) is 5.75 Å². The number of hydrogen-bond acceptors (Lipinski definition) is 3. The molecule has 1 unspecified atom stereocenters. The fraction of sp³-hybridized carbons (Fsp3) is 0.308. The molecule has 0 aliphatic heterocycles. The fourth-order valence-electron chi connectivity index (χ4n) is 2.09. The summed E-state index contributed by atoms with van der Waals surface area (Å²) in [6.45, 7) is 0. The molecule has 0 spiro atoms. The van der Waals surface area contributed by atoms with Crippen LogP contribution in [0.15, 0.2) is 24.4 Å². The molecule has 0 fully saturated rings. The van der Waals surface area contributed by atoms with Crippen LogP contribution in [0.2, 0.25) is 0 Å². The Kier molecular flexibility index (Phi) is 3.80. The van der Waals surface area contributed by atoms with Gasteiger partial charge in [0.25, 0.3) is 0 Å². The molecule has 0 radical (unpaired) electrons.